The summed E-state index contributed by atoms with van der Waals surface area (Å²) in [4.78, 5) is 12.0. The van der Waals surface area contributed by atoms with Gasteiger partial charge in [0.2, 0.25) is 5.83 Å². The fraction of sp³-hybridized carbons (Fsp3) is 0.783. The number of esters is 1. The molecule has 6 atom stereocenters. The second-order valence-corrected chi connectivity index (χ2v) is 9.66. The minimum Gasteiger partial charge on any atom is -0.461 e. The topological polar surface area (TPSA) is 46.5 Å². The van der Waals surface area contributed by atoms with Crippen LogP contribution in [0.15, 0.2) is 23.0 Å². The molecular formula is C23H33FO3. The van der Waals surface area contributed by atoms with Gasteiger partial charge in [-0.25, -0.2) is 4.79 Å². The van der Waals surface area contributed by atoms with Gasteiger partial charge in [-0.05, 0) is 92.4 Å². The summed E-state index contributed by atoms with van der Waals surface area (Å²) >= 11 is 0. The zero-order valence-electron chi connectivity index (χ0n) is 16.9. The molecule has 4 rings (SSSR count). The summed E-state index contributed by atoms with van der Waals surface area (Å²) in [5.41, 5.74) is 2.14. The van der Waals surface area contributed by atoms with Crippen LogP contribution >= 0.6 is 0 Å². The maximum Gasteiger partial charge on any atom is 0.367 e. The lowest BCUT2D eigenvalue weighted by atomic mass is 9.48. The maximum absolute atomic E-state index is 14.9. The summed E-state index contributed by atoms with van der Waals surface area (Å²) in [7, 11) is 0. The van der Waals surface area contributed by atoms with E-state index >= 15 is 0 Å². The molecule has 0 aliphatic heterocycles. The van der Waals surface area contributed by atoms with Crippen molar-refractivity contribution in [2.75, 3.05) is 6.61 Å². The van der Waals surface area contributed by atoms with Crippen LogP contribution < -0.4 is 0 Å². The van der Waals surface area contributed by atoms with Crippen molar-refractivity contribution in [2.24, 2.45) is 28.6 Å². The number of allylic oxidation sites excluding steroid dienone is 2. The molecule has 0 aromatic rings. The smallest absolute Gasteiger partial charge is 0.367 e. The first-order chi connectivity index (χ1) is 12.8. The van der Waals surface area contributed by atoms with E-state index in [-0.39, 0.29) is 23.5 Å². The number of aliphatic hydroxyl groups is 1. The Balaban J connectivity index is 1.65. The lowest BCUT2D eigenvalue weighted by Gasteiger charge is -2.57. The van der Waals surface area contributed by atoms with Gasteiger partial charge in [-0.3, -0.25) is 0 Å². The highest BCUT2D eigenvalue weighted by Gasteiger charge is 2.58. The van der Waals surface area contributed by atoms with Crippen molar-refractivity contribution < 1.29 is 19.0 Å². The Morgan fingerprint density at radius 1 is 1.22 bits per heavy atom. The van der Waals surface area contributed by atoms with E-state index < -0.39 is 11.8 Å². The van der Waals surface area contributed by atoms with Crippen LogP contribution in [0.25, 0.3) is 0 Å². The lowest BCUT2D eigenvalue weighted by molar-refractivity contribution is -0.140. The molecule has 3 fully saturated rings. The summed E-state index contributed by atoms with van der Waals surface area (Å²) in [6.07, 6.45) is 9.71. The third kappa shape index (κ3) is 2.82. The third-order valence-corrected chi connectivity index (χ3v) is 8.58. The fourth-order valence-electron chi connectivity index (χ4n) is 7.13. The lowest BCUT2D eigenvalue weighted by Crippen LogP contribution is -2.49. The molecule has 3 unspecified atom stereocenters. The van der Waals surface area contributed by atoms with Crippen molar-refractivity contribution in [3.63, 3.8) is 0 Å². The molecule has 27 heavy (non-hydrogen) atoms. The molecule has 150 valence electrons. The molecule has 0 bridgehead atoms. The number of hydrogen-bond acceptors (Lipinski definition) is 3. The third-order valence-electron chi connectivity index (χ3n) is 8.58. The van der Waals surface area contributed by atoms with E-state index in [9.17, 15) is 14.3 Å². The van der Waals surface area contributed by atoms with E-state index in [4.69, 9.17) is 4.74 Å². The molecule has 4 aliphatic rings. The van der Waals surface area contributed by atoms with E-state index in [0.717, 1.165) is 44.9 Å². The van der Waals surface area contributed by atoms with Gasteiger partial charge in [0.15, 0.2) is 0 Å². The van der Waals surface area contributed by atoms with Crippen LogP contribution in [0, 0.1) is 28.6 Å². The van der Waals surface area contributed by atoms with Gasteiger partial charge < -0.3 is 9.84 Å². The highest BCUT2D eigenvalue weighted by Crippen LogP contribution is 2.66. The van der Waals surface area contributed by atoms with E-state index in [2.05, 4.69) is 19.9 Å². The van der Waals surface area contributed by atoms with Gasteiger partial charge in [-0.2, -0.15) is 4.39 Å². The van der Waals surface area contributed by atoms with Crippen LogP contribution in [0.2, 0.25) is 0 Å². The molecular weight excluding hydrogens is 343 g/mol. The summed E-state index contributed by atoms with van der Waals surface area (Å²) in [6.45, 7) is 6.51. The molecule has 3 saturated carbocycles. The van der Waals surface area contributed by atoms with Crippen molar-refractivity contribution in [3.05, 3.63) is 23.0 Å². The molecule has 0 aromatic carbocycles. The first kappa shape index (κ1) is 19.2. The van der Waals surface area contributed by atoms with Crippen LogP contribution in [0.4, 0.5) is 4.39 Å². The summed E-state index contributed by atoms with van der Waals surface area (Å²) in [6, 6.07) is 0. The normalized spacial score (nSPS) is 45.3. The summed E-state index contributed by atoms with van der Waals surface area (Å²) < 4.78 is 19.8. The second-order valence-electron chi connectivity index (χ2n) is 9.66. The van der Waals surface area contributed by atoms with Crippen LogP contribution in [0.3, 0.4) is 0 Å². The number of aliphatic hydroxyl groups excluding tert-OH is 1. The Morgan fingerprint density at radius 3 is 2.67 bits per heavy atom. The van der Waals surface area contributed by atoms with Crippen LogP contribution in [-0.2, 0) is 9.53 Å². The number of ether oxygens (including phenoxy) is 1. The predicted octanol–water partition coefficient (Wildman–Crippen LogP) is 5.10. The monoisotopic (exact) mass is 376 g/mol. The number of carbonyl (C=O) groups is 1. The average Bonchev–Trinajstić information content (AvgIpc) is 2.99. The largest absolute Gasteiger partial charge is 0.461 e. The number of halogens is 1. The molecule has 4 aliphatic carbocycles. The molecule has 0 saturated heterocycles. The first-order valence-corrected chi connectivity index (χ1v) is 10.7. The van der Waals surface area contributed by atoms with Gasteiger partial charge in [-0.15, -0.1) is 0 Å². The number of fused-ring (bicyclic) bond motifs is 5. The Kier molecular flexibility index (Phi) is 4.77. The Hall–Kier alpha value is -1.16. The standard InChI is InChI=1S/C23H33FO3/c1-4-27-21(26)20(24)19-8-7-17-16-6-5-14-13-15(25)9-11-22(14,2)18(16)10-12-23(17,19)3/h5,15-18,25H,4,6-13H2,1-3H3/b20-19+/t15-,16?,17?,18?,22-,23-/m0/s1. The molecule has 0 radical (unpaired) electrons. The second kappa shape index (κ2) is 6.72. The summed E-state index contributed by atoms with van der Waals surface area (Å²) in [5, 5.41) is 10.1. The minimum atomic E-state index is -0.782. The predicted molar refractivity (Wildman–Crippen MR) is 102 cm³/mol. The van der Waals surface area contributed by atoms with Crippen LogP contribution in [-0.4, -0.2) is 23.8 Å². The molecule has 0 spiro atoms. The molecule has 0 heterocycles. The van der Waals surface area contributed by atoms with Gasteiger partial charge in [0.1, 0.15) is 0 Å². The molecule has 3 nitrogen and oxygen atoms in total. The van der Waals surface area contributed by atoms with Crippen molar-refractivity contribution in [2.45, 2.75) is 78.2 Å². The van der Waals surface area contributed by atoms with Gasteiger partial charge in [-0.1, -0.05) is 25.5 Å². The molecule has 0 aromatic heterocycles. The van der Waals surface area contributed by atoms with Crippen molar-refractivity contribution in [3.8, 4) is 0 Å². The van der Waals surface area contributed by atoms with Crippen molar-refractivity contribution in [1.82, 2.24) is 0 Å². The van der Waals surface area contributed by atoms with Gasteiger partial charge >= 0.3 is 5.97 Å². The van der Waals surface area contributed by atoms with Gasteiger partial charge in [0, 0.05) is 0 Å². The molecule has 1 N–H and O–H groups in total. The SMILES string of the molecule is CCOC(=O)/C(F)=C1/CCC2C3CC=C4C[C@@H](O)CC[C@]4(C)C3CC[C@]12C. The van der Waals surface area contributed by atoms with Gasteiger partial charge in [0.05, 0.1) is 12.7 Å². The minimum absolute atomic E-state index is 0.186. The number of carbonyl (C=O) groups excluding carboxylic acids is 1. The van der Waals surface area contributed by atoms with Crippen molar-refractivity contribution in [1.29, 1.82) is 0 Å². The van der Waals surface area contributed by atoms with Crippen LogP contribution in [0.1, 0.15) is 72.1 Å². The Bertz CT molecular complexity index is 696. The van der Waals surface area contributed by atoms with E-state index in [1.165, 1.54) is 5.57 Å². The highest BCUT2D eigenvalue weighted by atomic mass is 19.1. The zero-order chi connectivity index (χ0) is 19.4. The maximum atomic E-state index is 14.9. The highest BCUT2D eigenvalue weighted by molar-refractivity contribution is 5.87. The average molecular weight is 377 g/mol. The number of hydrogen-bond donors (Lipinski definition) is 1. The van der Waals surface area contributed by atoms with E-state index in [0.29, 0.717) is 29.7 Å². The van der Waals surface area contributed by atoms with E-state index in [1.54, 1.807) is 6.92 Å². The Labute approximate surface area is 162 Å². The summed E-state index contributed by atoms with van der Waals surface area (Å²) in [5.74, 6) is 0.205. The van der Waals surface area contributed by atoms with Gasteiger partial charge in [0.25, 0.3) is 0 Å². The van der Waals surface area contributed by atoms with Crippen LogP contribution in [0.5, 0.6) is 0 Å². The Morgan fingerprint density at radius 2 is 1.93 bits per heavy atom. The zero-order valence-corrected chi connectivity index (χ0v) is 16.9. The molecule has 4 heteroatoms. The first-order valence-electron chi connectivity index (χ1n) is 10.7. The fourth-order valence-corrected chi connectivity index (χ4v) is 7.13. The molecule has 0 amide bonds. The van der Waals surface area contributed by atoms with Crippen molar-refractivity contribution >= 4 is 5.97 Å². The van der Waals surface area contributed by atoms with E-state index in [1.807, 2.05) is 0 Å². The quantitative estimate of drug-likeness (QED) is 0.414. The number of rotatable bonds is 2.